The van der Waals surface area contributed by atoms with Gasteiger partial charge in [0.25, 0.3) is 5.82 Å². The third kappa shape index (κ3) is 2.24. The Kier molecular flexibility index (Phi) is 3.16. The van der Waals surface area contributed by atoms with Gasteiger partial charge in [-0.05, 0) is 24.6 Å². The van der Waals surface area contributed by atoms with Crippen LogP contribution in [0.3, 0.4) is 0 Å². The van der Waals surface area contributed by atoms with E-state index in [1.165, 1.54) is 18.1 Å². The molecule has 0 saturated carbocycles. The number of esters is 1. The molecule has 1 aromatic heterocycles. The fourth-order valence-electron chi connectivity index (χ4n) is 1.63. The van der Waals surface area contributed by atoms with Crippen molar-refractivity contribution in [3.8, 4) is 11.8 Å². The van der Waals surface area contributed by atoms with E-state index in [1.807, 2.05) is 6.07 Å². The van der Waals surface area contributed by atoms with Gasteiger partial charge in [-0.15, -0.1) is 5.10 Å². The molecule has 2 aromatic rings. The Bertz CT molecular complexity index is 684. The van der Waals surface area contributed by atoms with Crippen LogP contribution in [0.5, 0.6) is 0 Å². The highest BCUT2D eigenvalue weighted by atomic mass is 16.5. The molecule has 0 bridgehead atoms. The smallest absolute Gasteiger partial charge is 0.340 e. The van der Waals surface area contributed by atoms with Crippen molar-refractivity contribution in [2.24, 2.45) is 0 Å². The first-order valence-electron chi connectivity index (χ1n) is 5.37. The highest BCUT2D eigenvalue weighted by molar-refractivity contribution is 5.96. The molecule has 19 heavy (non-hydrogen) atoms. The van der Waals surface area contributed by atoms with Gasteiger partial charge in [0.05, 0.1) is 18.4 Å². The van der Waals surface area contributed by atoms with E-state index in [1.54, 1.807) is 19.1 Å². The first-order valence-corrected chi connectivity index (χ1v) is 5.37. The van der Waals surface area contributed by atoms with E-state index in [4.69, 9.17) is 11.0 Å². The Morgan fingerprint density at radius 1 is 1.53 bits per heavy atom. The van der Waals surface area contributed by atoms with E-state index in [0.717, 1.165) is 0 Å². The van der Waals surface area contributed by atoms with Crippen molar-refractivity contribution in [3.63, 3.8) is 0 Å². The molecule has 2 N–H and O–H groups in total. The van der Waals surface area contributed by atoms with E-state index in [9.17, 15) is 4.79 Å². The second-order valence-electron chi connectivity index (χ2n) is 3.84. The van der Waals surface area contributed by atoms with Gasteiger partial charge in [-0.2, -0.15) is 5.26 Å². The molecule has 0 aliphatic rings. The number of methoxy groups -OCH3 is 1. The predicted molar refractivity (Wildman–Crippen MR) is 66.6 cm³/mol. The number of nitriles is 1. The highest BCUT2D eigenvalue weighted by Gasteiger charge is 2.14. The second kappa shape index (κ2) is 4.78. The summed E-state index contributed by atoms with van der Waals surface area (Å²) in [6.45, 7) is 1.77. The lowest BCUT2D eigenvalue weighted by Gasteiger charge is -2.10. The first-order chi connectivity index (χ1) is 9.06. The van der Waals surface area contributed by atoms with Crippen molar-refractivity contribution >= 4 is 11.7 Å². The zero-order valence-corrected chi connectivity index (χ0v) is 10.4. The monoisotopic (exact) mass is 257 g/mol. The summed E-state index contributed by atoms with van der Waals surface area (Å²) in [6.07, 6.45) is 1.39. The van der Waals surface area contributed by atoms with Gasteiger partial charge in [0.2, 0.25) is 0 Å². The number of nitrogen functional groups attached to an aromatic ring is 1. The standard InChI is InChI=1S/C12H11N5O2/c1-7-3-8(17-6-15-10(5-13)16-17)4-9(11(7)14)12(18)19-2/h3-4,6H,14H2,1-2H3. The highest BCUT2D eigenvalue weighted by Crippen LogP contribution is 2.22. The van der Waals surface area contributed by atoms with Gasteiger partial charge in [0.15, 0.2) is 0 Å². The minimum absolute atomic E-state index is 0.0501. The number of rotatable bonds is 2. The summed E-state index contributed by atoms with van der Waals surface area (Å²) in [5.74, 6) is -0.475. The predicted octanol–water partition coefficient (Wildman–Crippen LogP) is 0.816. The number of carbonyl (C=O) groups excluding carboxylic acids is 1. The molecule has 0 unspecified atom stereocenters. The van der Waals surface area contributed by atoms with Crippen LogP contribution in [0.15, 0.2) is 18.5 Å². The Balaban J connectivity index is 2.56. The van der Waals surface area contributed by atoms with Crippen LogP contribution in [0.4, 0.5) is 5.69 Å². The number of nitrogens with zero attached hydrogens (tertiary/aromatic N) is 4. The lowest BCUT2D eigenvalue weighted by molar-refractivity contribution is 0.0602. The molecule has 0 atom stereocenters. The topological polar surface area (TPSA) is 107 Å². The molecule has 96 valence electrons. The van der Waals surface area contributed by atoms with E-state index in [-0.39, 0.29) is 11.4 Å². The van der Waals surface area contributed by atoms with Crippen molar-refractivity contribution in [1.82, 2.24) is 14.8 Å². The second-order valence-corrected chi connectivity index (χ2v) is 3.84. The van der Waals surface area contributed by atoms with Crippen LogP contribution in [0.25, 0.3) is 5.69 Å². The number of aromatic nitrogens is 3. The summed E-state index contributed by atoms with van der Waals surface area (Å²) in [7, 11) is 1.28. The maximum absolute atomic E-state index is 11.6. The number of anilines is 1. The summed E-state index contributed by atoms with van der Waals surface area (Å²) in [5, 5.41) is 12.6. The fraction of sp³-hybridized carbons (Fsp3) is 0.167. The Morgan fingerprint density at radius 2 is 2.26 bits per heavy atom. The summed E-state index contributed by atoms with van der Waals surface area (Å²) in [6, 6.07) is 5.13. The lowest BCUT2D eigenvalue weighted by Crippen LogP contribution is -2.09. The van der Waals surface area contributed by atoms with Crippen molar-refractivity contribution < 1.29 is 9.53 Å². The molecule has 0 aliphatic heterocycles. The number of hydrogen-bond acceptors (Lipinski definition) is 6. The van der Waals surface area contributed by atoms with Gasteiger partial charge >= 0.3 is 5.97 Å². The van der Waals surface area contributed by atoms with Gasteiger partial charge in [-0.1, -0.05) is 0 Å². The Labute approximate surface area is 109 Å². The molecule has 0 fully saturated rings. The van der Waals surface area contributed by atoms with Crippen molar-refractivity contribution in [3.05, 3.63) is 35.4 Å². The molecule has 7 heteroatoms. The van der Waals surface area contributed by atoms with E-state index >= 15 is 0 Å². The molecule has 1 aromatic carbocycles. The van der Waals surface area contributed by atoms with Crippen LogP contribution in [-0.4, -0.2) is 27.8 Å². The molecular formula is C12H11N5O2. The lowest BCUT2D eigenvalue weighted by atomic mass is 10.1. The van der Waals surface area contributed by atoms with Gasteiger partial charge in [0.1, 0.15) is 12.4 Å². The van der Waals surface area contributed by atoms with Crippen LogP contribution >= 0.6 is 0 Å². The van der Waals surface area contributed by atoms with Crippen molar-refractivity contribution in [2.75, 3.05) is 12.8 Å². The SMILES string of the molecule is COC(=O)c1cc(-n2cnc(C#N)n2)cc(C)c1N. The number of carbonyl (C=O) groups is 1. The summed E-state index contributed by atoms with van der Waals surface area (Å²) < 4.78 is 6.07. The van der Waals surface area contributed by atoms with Crippen LogP contribution in [0.2, 0.25) is 0 Å². The fourth-order valence-corrected chi connectivity index (χ4v) is 1.63. The zero-order chi connectivity index (χ0) is 14.0. The zero-order valence-electron chi connectivity index (χ0n) is 10.4. The number of aryl methyl sites for hydroxylation is 1. The van der Waals surface area contributed by atoms with E-state index in [2.05, 4.69) is 14.8 Å². The van der Waals surface area contributed by atoms with Crippen LogP contribution < -0.4 is 5.73 Å². The van der Waals surface area contributed by atoms with Crippen LogP contribution in [-0.2, 0) is 4.74 Å². The van der Waals surface area contributed by atoms with Gasteiger partial charge in [0, 0.05) is 5.69 Å². The average molecular weight is 257 g/mol. The normalized spacial score (nSPS) is 9.95. The van der Waals surface area contributed by atoms with Gasteiger partial charge in [-0.3, -0.25) is 0 Å². The quantitative estimate of drug-likeness (QED) is 0.630. The number of nitrogens with two attached hydrogens (primary N) is 1. The molecule has 0 aliphatic carbocycles. The largest absolute Gasteiger partial charge is 0.465 e. The summed E-state index contributed by atoms with van der Waals surface area (Å²) in [4.78, 5) is 15.4. The van der Waals surface area contributed by atoms with Crippen LogP contribution in [0, 0.1) is 18.3 Å². The molecule has 7 nitrogen and oxygen atoms in total. The third-order valence-electron chi connectivity index (χ3n) is 2.63. The number of ether oxygens (including phenoxy) is 1. The maximum Gasteiger partial charge on any atom is 0.340 e. The molecule has 0 radical (unpaired) electrons. The molecule has 0 spiro atoms. The van der Waals surface area contributed by atoms with E-state index < -0.39 is 5.97 Å². The molecule has 0 amide bonds. The minimum Gasteiger partial charge on any atom is -0.465 e. The van der Waals surface area contributed by atoms with E-state index in [0.29, 0.717) is 16.9 Å². The van der Waals surface area contributed by atoms with Crippen molar-refractivity contribution in [1.29, 1.82) is 5.26 Å². The third-order valence-corrected chi connectivity index (χ3v) is 2.63. The van der Waals surface area contributed by atoms with Gasteiger partial charge < -0.3 is 10.5 Å². The maximum atomic E-state index is 11.6. The molecule has 2 rings (SSSR count). The average Bonchev–Trinajstić information content (AvgIpc) is 2.89. The van der Waals surface area contributed by atoms with Gasteiger partial charge in [-0.25, -0.2) is 14.5 Å². The minimum atomic E-state index is -0.525. The number of benzene rings is 1. The first kappa shape index (κ1) is 12.6. The molecule has 0 saturated heterocycles. The van der Waals surface area contributed by atoms with Crippen LogP contribution in [0.1, 0.15) is 21.7 Å². The summed E-state index contributed by atoms with van der Waals surface area (Å²) in [5.41, 5.74) is 7.75. The Hall–Kier alpha value is -2.88. The molecular weight excluding hydrogens is 246 g/mol. The summed E-state index contributed by atoms with van der Waals surface area (Å²) >= 11 is 0. The van der Waals surface area contributed by atoms with Crippen molar-refractivity contribution in [2.45, 2.75) is 6.92 Å². The molecule has 1 heterocycles. The number of hydrogen-bond donors (Lipinski definition) is 1. The Morgan fingerprint density at radius 3 is 2.84 bits per heavy atom.